The number of hydrogen-bond acceptors (Lipinski definition) is 3. The summed E-state index contributed by atoms with van der Waals surface area (Å²) in [4.78, 5) is 0. The standard InChI is InChI=1S/C15H16O3/c16-13-5-3-11-4-6-14(9-12(11)8-13)18-15-2-1-7-17-10-15/h3-6,8-9,15-16H,1-2,7,10H2. The molecule has 3 nitrogen and oxygen atoms in total. The first-order valence-electron chi connectivity index (χ1n) is 6.28. The van der Waals surface area contributed by atoms with Crippen molar-refractivity contribution in [3.63, 3.8) is 0 Å². The van der Waals surface area contributed by atoms with E-state index >= 15 is 0 Å². The van der Waals surface area contributed by atoms with Gasteiger partial charge in [-0.1, -0.05) is 12.1 Å². The maximum Gasteiger partial charge on any atom is 0.122 e. The zero-order chi connectivity index (χ0) is 12.4. The molecule has 1 unspecified atom stereocenters. The number of ether oxygens (including phenoxy) is 2. The van der Waals surface area contributed by atoms with Crippen LogP contribution in [-0.4, -0.2) is 24.4 Å². The minimum atomic E-state index is 0.147. The highest BCUT2D eigenvalue weighted by Crippen LogP contribution is 2.25. The van der Waals surface area contributed by atoms with Crippen molar-refractivity contribution in [1.29, 1.82) is 0 Å². The Bertz CT molecular complexity index is 544. The Labute approximate surface area is 106 Å². The zero-order valence-corrected chi connectivity index (χ0v) is 10.1. The Balaban J connectivity index is 1.83. The summed E-state index contributed by atoms with van der Waals surface area (Å²) in [6.07, 6.45) is 2.24. The van der Waals surface area contributed by atoms with Crippen molar-refractivity contribution in [3.8, 4) is 11.5 Å². The molecule has 18 heavy (non-hydrogen) atoms. The lowest BCUT2D eigenvalue weighted by molar-refractivity contribution is 0.00749. The van der Waals surface area contributed by atoms with Crippen LogP contribution in [0.25, 0.3) is 10.8 Å². The van der Waals surface area contributed by atoms with E-state index in [1.54, 1.807) is 12.1 Å². The fourth-order valence-corrected chi connectivity index (χ4v) is 2.28. The summed E-state index contributed by atoms with van der Waals surface area (Å²) >= 11 is 0. The molecule has 3 rings (SSSR count). The van der Waals surface area contributed by atoms with Crippen LogP contribution in [0.5, 0.6) is 11.5 Å². The monoisotopic (exact) mass is 244 g/mol. The SMILES string of the molecule is Oc1ccc2ccc(OC3CCCOC3)cc2c1. The van der Waals surface area contributed by atoms with Gasteiger partial charge < -0.3 is 14.6 Å². The molecule has 94 valence electrons. The summed E-state index contributed by atoms with van der Waals surface area (Å²) in [5.74, 6) is 1.12. The van der Waals surface area contributed by atoms with E-state index in [0.717, 1.165) is 36.0 Å². The molecule has 2 aromatic rings. The molecule has 1 aliphatic rings. The van der Waals surface area contributed by atoms with Gasteiger partial charge in [-0.05, 0) is 47.9 Å². The van der Waals surface area contributed by atoms with Crippen molar-refractivity contribution >= 4 is 10.8 Å². The molecule has 0 amide bonds. The molecule has 1 aliphatic heterocycles. The third-order valence-corrected chi connectivity index (χ3v) is 3.22. The van der Waals surface area contributed by atoms with Crippen molar-refractivity contribution in [1.82, 2.24) is 0 Å². The Hall–Kier alpha value is -1.74. The zero-order valence-electron chi connectivity index (χ0n) is 10.1. The van der Waals surface area contributed by atoms with Gasteiger partial charge in [-0.2, -0.15) is 0 Å². The smallest absolute Gasteiger partial charge is 0.122 e. The van der Waals surface area contributed by atoms with E-state index in [4.69, 9.17) is 9.47 Å². The molecular weight excluding hydrogens is 228 g/mol. The van der Waals surface area contributed by atoms with Gasteiger partial charge in [-0.25, -0.2) is 0 Å². The third kappa shape index (κ3) is 2.41. The molecule has 0 spiro atoms. The molecule has 1 fully saturated rings. The van der Waals surface area contributed by atoms with Gasteiger partial charge >= 0.3 is 0 Å². The second kappa shape index (κ2) is 4.86. The normalized spacial score (nSPS) is 19.9. The van der Waals surface area contributed by atoms with Gasteiger partial charge in [0, 0.05) is 6.61 Å². The van der Waals surface area contributed by atoms with Crippen LogP contribution in [0, 0.1) is 0 Å². The summed E-state index contributed by atoms with van der Waals surface area (Å²) in [7, 11) is 0. The Kier molecular flexibility index (Phi) is 3.07. The summed E-state index contributed by atoms with van der Waals surface area (Å²) in [6, 6.07) is 11.3. The predicted octanol–water partition coefficient (Wildman–Crippen LogP) is 3.10. The Morgan fingerprint density at radius 1 is 1.11 bits per heavy atom. The van der Waals surface area contributed by atoms with Gasteiger partial charge in [-0.15, -0.1) is 0 Å². The molecule has 0 radical (unpaired) electrons. The lowest BCUT2D eigenvalue weighted by atomic mass is 10.1. The lowest BCUT2D eigenvalue weighted by Gasteiger charge is -2.23. The highest BCUT2D eigenvalue weighted by Gasteiger charge is 2.15. The molecule has 3 heteroatoms. The van der Waals surface area contributed by atoms with Crippen LogP contribution in [-0.2, 0) is 4.74 Å². The largest absolute Gasteiger partial charge is 0.508 e. The van der Waals surface area contributed by atoms with Crippen LogP contribution < -0.4 is 4.74 Å². The molecule has 1 saturated heterocycles. The van der Waals surface area contributed by atoms with Gasteiger partial charge in [0.15, 0.2) is 0 Å². The lowest BCUT2D eigenvalue weighted by Crippen LogP contribution is -2.27. The fraction of sp³-hybridized carbons (Fsp3) is 0.333. The molecular formula is C15H16O3. The summed E-state index contributed by atoms with van der Waals surface area (Å²) in [6.45, 7) is 1.50. The van der Waals surface area contributed by atoms with Crippen molar-refractivity contribution in [2.75, 3.05) is 13.2 Å². The summed E-state index contributed by atoms with van der Waals surface area (Å²) in [5, 5.41) is 11.6. The number of benzene rings is 2. The number of aromatic hydroxyl groups is 1. The van der Waals surface area contributed by atoms with Crippen molar-refractivity contribution in [3.05, 3.63) is 36.4 Å². The fourth-order valence-electron chi connectivity index (χ4n) is 2.28. The first kappa shape index (κ1) is 11.4. The predicted molar refractivity (Wildman–Crippen MR) is 70.1 cm³/mol. The molecule has 0 saturated carbocycles. The first-order valence-corrected chi connectivity index (χ1v) is 6.28. The van der Waals surface area contributed by atoms with Crippen molar-refractivity contribution in [2.24, 2.45) is 0 Å². The van der Waals surface area contributed by atoms with Gasteiger partial charge in [-0.3, -0.25) is 0 Å². The second-order valence-electron chi connectivity index (χ2n) is 4.65. The maximum atomic E-state index is 9.48. The minimum Gasteiger partial charge on any atom is -0.508 e. The molecule has 1 heterocycles. The molecule has 0 aliphatic carbocycles. The maximum absolute atomic E-state index is 9.48. The minimum absolute atomic E-state index is 0.147. The van der Waals surface area contributed by atoms with Gasteiger partial charge in [0.1, 0.15) is 17.6 Å². The van der Waals surface area contributed by atoms with Crippen LogP contribution in [0.3, 0.4) is 0 Å². The highest BCUT2D eigenvalue weighted by molar-refractivity contribution is 5.85. The Morgan fingerprint density at radius 2 is 2.00 bits per heavy atom. The van der Waals surface area contributed by atoms with E-state index in [9.17, 15) is 5.11 Å². The molecule has 2 aromatic carbocycles. The van der Waals surface area contributed by atoms with Crippen LogP contribution in [0.4, 0.5) is 0 Å². The number of rotatable bonds is 2. The number of hydrogen-bond donors (Lipinski definition) is 1. The summed E-state index contributed by atoms with van der Waals surface area (Å²) in [5.41, 5.74) is 0. The summed E-state index contributed by atoms with van der Waals surface area (Å²) < 4.78 is 11.3. The highest BCUT2D eigenvalue weighted by atomic mass is 16.5. The van der Waals surface area contributed by atoms with Crippen LogP contribution in [0.1, 0.15) is 12.8 Å². The van der Waals surface area contributed by atoms with Crippen molar-refractivity contribution < 1.29 is 14.6 Å². The molecule has 0 aromatic heterocycles. The van der Waals surface area contributed by atoms with Gasteiger partial charge in [0.25, 0.3) is 0 Å². The molecule has 0 bridgehead atoms. The van der Waals surface area contributed by atoms with Gasteiger partial charge in [0.05, 0.1) is 6.61 Å². The average Bonchev–Trinajstić information content (AvgIpc) is 2.39. The quantitative estimate of drug-likeness (QED) is 0.882. The number of phenols is 1. The van der Waals surface area contributed by atoms with Gasteiger partial charge in [0.2, 0.25) is 0 Å². The first-order chi connectivity index (χ1) is 8.81. The van der Waals surface area contributed by atoms with Crippen molar-refractivity contribution in [2.45, 2.75) is 18.9 Å². The van der Waals surface area contributed by atoms with E-state index in [1.165, 1.54) is 0 Å². The van der Waals surface area contributed by atoms with E-state index < -0.39 is 0 Å². The van der Waals surface area contributed by atoms with E-state index in [2.05, 4.69) is 0 Å². The second-order valence-corrected chi connectivity index (χ2v) is 4.65. The topological polar surface area (TPSA) is 38.7 Å². The molecule has 1 atom stereocenters. The third-order valence-electron chi connectivity index (χ3n) is 3.22. The van der Waals surface area contributed by atoms with Crippen LogP contribution in [0.2, 0.25) is 0 Å². The average molecular weight is 244 g/mol. The van der Waals surface area contributed by atoms with Crippen LogP contribution >= 0.6 is 0 Å². The molecule has 1 N–H and O–H groups in total. The van der Waals surface area contributed by atoms with E-state index in [1.807, 2.05) is 24.3 Å². The van der Waals surface area contributed by atoms with E-state index in [-0.39, 0.29) is 11.9 Å². The van der Waals surface area contributed by atoms with Crippen LogP contribution in [0.15, 0.2) is 36.4 Å². The number of fused-ring (bicyclic) bond motifs is 1. The Morgan fingerprint density at radius 3 is 2.83 bits per heavy atom. The van der Waals surface area contributed by atoms with E-state index in [0.29, 0.717) is 6.61 Å². The number of phenolic OH excluding ortho intramolecular Hbond substituents is 1.